The van der Waals surface area contributed by atoms with E-state index in [2.05, 4.69) is 0 Å². The summed E-state index contributed by atoms with van der Waals surface area (Å²) < 4.78 is 31.8. The number of sulfonamides is 1. The molecule has 0 spiro atoms. The Kier molecular flexibility index (Phi) is 5.80. The Morgan fingerprint density at radius 2 is 2.00 bits per heavy atom. The third-order valence-corrected chi connectivity index (χ3v) is 7.20. The maximum atomic E-state index is 12.6. The normalized spacial score (nSPS) is 15.0. The van der Waals surface area contributed by atoms with Gasteiger partial charge in [-0.05, 0) is 31.0 Å². The molecule has 0 atom stereocenters. The first kappa shape index (κ1) is 19.7. The summed E-state index contributed by atoms with van der Waals surface area (Å²) >= 11 is 6.96. The molecule has 1 saturated heterocycles. The highest BCUT2D eigenvalue weighted by Gasteiger charge is 2.28. The Labute approximate surface area is 164 Å². The molecule has 2 heterocycles. The predicted molar refractivity (Wildman–Crippen MR) is 99.5 cm³/mol. The number of rotatable bonds is 6. The van der Waals surface area contributed by atoms with Crippen molar-refractivity contribution in [3.8, 4) is 0 Å². The molecule has 0 saturated carbocycles. The number of hydrogen-bond donors (Lipinski definition) is 0. The van der Waals surface area contributed by atoms with Crippen LogP contribution in [0.3, 0.4) is 0 Å². The van der Waals surface area contributed by atoms with Crippen LogP contribution < -0.4 is 0 Å². The number of carbonyl (C=O) groups excluding carboxylic acids is 1. The van der Waals surface area contributed by atoms with Crippen molar-refractivity contribution in [2.75, 3.05) is 13.1 Å². The van der Waals surface area contributed by atoms with Gasteiger partial charge in [0.05, 0.1) is 20.4 Å². The second kappa shape index (κ2) is 7.93. The molecule has 0 amide bonds. The van der Waals surface area contributed by atoms with Crippen LogP contribution in [0, 0.1) is 10.1 Å². The van der Waals surface area contributed by atoms with E-state index in [0.29, 0.717) is 18.7 Å². The average Bonchev–Trinajstić information content (AvgIpc) is 3.32. The van der Waals surface area contributed by atoms with Crippen LogP contribution in [-0.4, -0.2) is 36.7 Å². The third kappa shape index (κ3) is 4.29. The van der Waals surface area contributed by atoms with Crippen LogP contribution in [0.2, 0.25) is 5.02 Å². The standard InChI is InChI=1S/C16H15ClN2O6S2/c17-14-4-3-12(27(23,24)18-5-1-2-6-18)8-13(14)16(20)25-9-11-7-15(19(21)22)26-10-11/h3-4,7-8,10H,1-2,5-6,9H2. The van der Waals surface area contributed by atoms with Gasteiger partial charge >= 0.3 is 11.0 Å². The Morgan fingerprint density at radius 3 is 2.63 bits per heavy atom. The van der Waals surface area contributed by atoms with Crippen LogP contribution in [0.5, 0.6) is 0 Å². The first-order valence-corrected chi connectivity index (χ1v) is 10.7. The lowest BCUT2D eigenvalue weighted by molar-refractivity contribution is -0.380. The Bertz CT molecular complexity index is 983. The maximum Gasteiger partial charge on any atom is 0.340 e. The van der Waals surface area contributed by atoms with Gasteiger partial charge in [-0.25, -0.2) is 13.2 Å². The van der Waals surface area contributed by atoms with E-state index in [1.54, 1.807) is 0 Å². The summed E-state index contributed by atoms with van der Waals surface area (Å²) in [5, 5.41) is 12.2. The molecule has 0 aliphatic carbocycles. The Morgan fingerprint density at radius 1 is 1.30 bits per heavy atom. The van der Waals surface area contributed by atoms with Crippen molar-refractivity contribution < 1.29 is 22.9 Å². The van der Waals surface area contributed by atoms with Gasteiger partial charge in [0, 0.05) is 30.1 Å². The highest BCUT2D eigenvalue weighted by Crippen LogP contribution is 2.27. The SMILES string of the molecule is O=C(OCc1csc([N+](=O)[O-])c1)c1cc(S(=O)(=O)N2CCCC2)ccc1Cl. The van der Waals surface area contributed by atoms with Crippen LogP contribution in [-0.2, 0) is 21.4 Å². The summed E-state index contributed by atoms with van der Waals surface area (Å²) in [4.78, 5) is 22.5. The second-order valence-corrected chi connectivity index (χ2v) is 9.11. The predicted octanol–water partition coefficient (Wildman–Crippen LogP) is 3.45. The highest BCUT2D eigenvalue weighted by atomic mass is 35.5. The fourth-order valence-electron chi connectivity index (χ4n) is 2.66. The zero-order valence-electron chi connectivity index (χ0n) is 14.0. The number of thiophene rings is 1. The molecule has 144 valence electrons. The van der Waals surface area contributed by atoms with Gasteiger partial charge in [0.2, 0.25) is 10.0 Å². The van der Waals surface area contributed by atoms with E-state index in [0.717, 1.165) is 24.2 Å². The maximum absolute atomic E-state index is 12.6. The molecule has 1 aromatic heterocycles. The molecule has 27 heavy (non-hydrogen) atoms. The van der Waals surface area contributed by atoms with Crippen LogP contribution in [0.1, 0.15) is 28.8 Å². The van der Waals surface area contributed by atoms with Crippen LogP contribution >= 0.6 is 22.9 Å². The van der Waals surface area contributed by atoms with Gasteiger partial charge in [-0.1, -0.05) is 22.9 Å². The van der Waals surface area contributed by atoms with E-state index in [-0.39, 0.29) is 27.1 Å². The lowest BCUT2D eigenvalue weighted by Crippen LogP contribution is -2.28. The van der Waals surface area contributed by atoms with E-state index in [9.17, 15) is 23.3 Å². The summed E-state index contributed by atoms with van der Waals surface area (Å²) in [6.07, 6.45) is 1.60. The van der Waals surface area contributed by atoms with E-state index in [4.69, 9.17) is 16.3 Å². The highest BCUT2D eigenvalue weighted by molar-refractivity contribution is 7.89. The number of benzene rings is 1. The lowest BCUT2D eigenvalue weighted by Gasteiger charge is -2.16. The van der Waals surface area contributed by atoms with Crippen molar-refractivity contribution in [1.82, 2.24) is 4.31 Å². The number of ether oxygens (including phenoxy) is 1. The molecule has 11 heteroatoms. The van der Waals surface area contributed by atoms with Gasteiger partial charge < -0.3 is 4.74 Å². The Hall–Kier alpha value is -2.01. The molecule has 0 N–H and O–H groups in total. The van der Waals surface area contributed by atoms with E-state index >= 15 is 0 Å². The van der Waals surface area contributed by atoms with Crippen molar-refractivity contribution in [2.24, 2.45) is 0 Å². The minimum absolute atomic E-state index is 0.0214. The number of hydrogen-bond acceptors (Lipinski definition) is 7. The lowest BCUT2D eigenvalue weighted by atomic mass is 10.2. The first-order valence-electron chi connectivity index (χ1n) is 7.97. The van der Waals surface area contributed by atoms with Gasteiger partial charge in [-0.3, -0.25) is 10.1 Å². The monoisotopic (exact) mass is 430 g/mol. The molecule has 0 unspecified atom stereocenters. The van der Waals surface area contributed by atoms with E-state index < -0.39 is 20.9 Å². The summed E-state index contributed by atoms with van der Waals surface area (Å²) in [5.41, 5.74) is 0.402. The van der Waals surface area contributed by atoms with Crippen molar-refractivity contribution in [3.63, 3.8) is 0 Å². The molecule has 3 rings (SSSR count). The summed E-state index contributed by atoms with van der Waals surface area (Å²) in [6, 6.07) is 5.22. The van der Waals surface area contributed by atoms with Crippen molar-refractivity contribution in [1.29, 1.82) is 0 Å². The van der Waals surface area contributed by atoms with Gasteiger partial charge in [0.25, 0.3) is 0 Å². The number of carbonyl (C=O) groups is 1. The van der Waals surface area contributed by atoms with Gasteiger partial charge in [-0.2, -0.15) is 4.31 Å². The molecule has 1 aromatic carbocycles. The number of halogens is 1. The molecule has 1 aliphatic heterocycles. The number of nitro groups is 1. The summed E-state index contributed by atoms with van der Waals surface area (Å²) in [7, 11) is -3.69. The average molecular weight is 431 g/mol. The molecule has 0 radical (unpaired) electrons. The molecular weight excluding hydrogens is 416 g/mol. The quantitative estimate of drug-likeness (QED) is 0.394. The first-order chi connectivity index (χ1) is 12.8. The van der Waals surface area contributed by atoms with Gasteiger partial charge in [-0.15, -0.1) is 0 Å². The van der Waals surface area contributed by atoms with Crippen molar-refractivity contribution in [3.05, 3.63) is 55.9 Å². The summed E-state index contributed by atoms with van der Waals surface area (Å²) in [5.74, 6) is -0.799. The van der Waals surface area contributed by atoms with Crippen molar-refractivity contribution >= 4 is 43.9 Å². The molecule has 0 bridgehead atoms. The van der Waals surface area contributed by atoms with E-state index in [1.807, 2.05) is 0 Å². The van der Waals surface area contributed by atoms with Gasteiger partial charge in [0.15, 0.2) is 0 Å². The minimum Gasteiger partial charge on any atom is -0.457 e. The third-order valence-electron chi connectivity index (χ3n) is 4.05. The van der Waals surface area contributed by atoms with Crippen LogP contribution in [0.4, 0.5) is 5.00 Å². The zero-order valence-corrected chi connectivity index (χ0v) is 16.3. The molecular formula is C16H15ClN2O6S2. The minimum atomic E-state index is -3.69. The second-order valence-electron chi connectivity index (χ2n) is 5.88. The smallest absolute Gasteiger partial charge is 0.340 e. The number of nitrogens with zero attached hydrogens (tertiary/aromatic N) is 2. The van der Waals surface area contributed by atoms with Crippen LogP contribution in [0.15, 0.2) is 34.5 Å². The van der Waals surface area contributed by atoms with E-state index in [1.165, 1.54) is 34.0 Å². The summed E-state index contributed by atoms with van der Waals surface area (Å²) in [6.45, 7) is 0.714. The number of esters is 1. The molecule has 1 aliphatic rings. The molecule has 1 fully saturated rings. The Balaban J connectivity index is 1.77. The topological polar surface area (TPSA) is 107 Å². The fraction of sp³-hybridized carbons (Fsp3) is 0.312. The van der Waals surface area contributed by atoms with Gasteiger partial charge in [0.1, 0.15) is 6.61 Å². The largest absolute Gasteiger partial charge is 0.457 e. The fourth-order valence-corrected chi connectivity index (χ4v) is 5.11. The molecule has 2 aromatic rings. The molecule has 8 nitrogen and oxygen atoms in total. The van der Waals surface area contributed by atoms with Crippen molar-refractivity contribution in [2.45, 2.75) is 24.3 Å². The van der Waals surface area contributed by atoms with Crippen LogP contribution in [0.25, 0.3) is 0 Å². The zero-order chi connectivity index (χ0) is 19.6.